The molecule has 0 N–H and O–H groups in total. The van der Waals surface area contributed by atoms with Crippen molar-refractivity contribution >= 4 is 8.07 Å². The molecule has 0 bridgehead atoms. The Labute approximate surface area is 137 Å². The summed E-state index contributed by atoms with van der Waals surface area (Å²) in [5.74, 6) is 4.19. The van der Waals surface area contributed by atoms with Crippen LogP contribution in [0.3, 0.4) is 0 Å². The number of hydrogen-bond acceptors (Lipinski definition) is 1. The van der Waals surface area contributed by atoms with Gasteiger partial charge in [0.05, 0.1) is 5.56 Å². The molecule has 0 radical (unpaired) electrons. The zero-order chi connectivity index (χ0) is 16.8. The molecule has 1 nitrogen and oxygen atoms in total. The predicted molar refractivity (Wildman–Crippen MR) is 98.7 cm³/mol. The number of rotatable bonds is 5. The Kier molecular flexibility index (Phi) is 6.75. The summed E-state index contributed by atoms with van der Waals surface area (Å²) in [6.07, 6.45) is 1.47. The van der Waals surface area contributed by atoms with Gasteiger partial charge < -0.3 is 4.74 Å². The molecule has 2 heteroatoms. The second-order valence-corrected chi connectivity index (χ2v) is 12.2. The lowest BCUT2D eigenvalue weighted by Gasteiger charge is -2.38. The molecule has 0 saturated carbocycles. The highest BCUT2D eigenvalue weighted by Crippen LogP contribution is 2.40. The van der Waals surface area contributed by atoms with Gasteiger partial charge in [-0.3, -0.25) is 0 Å². The third-order valence-corrected chi connectivity index (χ3v) is 10.7. The zero-order valence-corrected chi connectivity index (χ0v) is 15.7. The van der Waals surface area contributed by atoms with Crippen molar-refractivity contribution in [2.45, 2.75) is 58.2 Å². The van der Waals surface area contributed by atoms with Crippen LogP contribution in [0.1, 0.15) is 47.1 Å². The van der Waals surface area contributed by atoms with Gasteiger partial charge in [0.2, 0.25) is 0 Å². The Balaban J connectivity index is 3.33. The van der Waals surface area contributed by atoms with Crippen LogP contribution in [-0.2, 0) is 0 Å². The first-order valence-corrected chi connectivity index (χ1v) is 10.2. The quantitative estimate of drug-likeness (QED) is 0.283. The van der Waals surface area contributed by atoms with Crippen LogP contribution in [0.5, 0.6) is 5.75 Å². The lowest BCUT2D eigenvalue weighted by Crippen LogP contribution is -2.43. The van der Waals surface area contributed by atoms with Gasteiger partial charge >= 0.3 is 0 Å². The summed E-state index contributed by atoms with van der Waals surface area (Å²) in [5, 5.41) is 0. The van der Waals surface area contributed by atoms with E-state index < -0.39 is 8.07 Å². The molecule has 0 fully saturated rings. The number of para-hydroxylation sites is 1. The minimum atomic E-state index is -1.72. The van der Waals surface area contributed by atoms with Crippen molar-refractivity contribution in [1.29, 1.82) is 0 Å². The van der Waals surface area contributed by atoms with E-state index in [1.807, 2.05) is 24.3 Å². The largest absolute Gasteiger partial charge is 0.455 e. The first-order valence-electron chi connectivity index (χ1n) is 7.99. The Bertz CT molecular complexity index is 574. The summed E-state index contributed by atoms with van der Waals surface area (Å²) >= 11 is 0. The molecule has 0 aromatic heterocycles. The van der Waals surface area contributed by atoms with E-state index in [9.17, 15) is 0 Å². The fraction of sp³-hybridized carbons (Fsp3) is 0.450. The summed E-state index contributed by atoms with van der Waals surface area (Å²) in [7, 11) is -1.72. The average molecular weight is 313 g/mol. The molecular weight excluding hydrogens is 284 g/mol. The molecule has 0 amide bonds. The maximum absolute atomic E-state index is 5.55. The Morgan fingerprint density at radius 2 is 1.55 bits per heavy atom. The van der Waals surface area contributed by atoms with E-state index in [4.69, 9.17) is 4.74 Å². The van der Waals surface area contributed by atoms with Crippen molar-refractivity contribution < 1.29 is 4.74 Å². The van der Waals surface area contributed by atoms with Gasteiger partial charge in [-0.2, -0.15) is 0 Å². The second kappa shape index (κ2) is 8.08. The van der Waals surface area contributed by atoms with Crippen molar-refractivity contribution in [3.63, 3.8) is 0 Å². The first-order chi connectivity index (χ1) is 10.4. The van der Waals surface area contributed by atoms with Gasteiger partial charge in [0.25, 0.3) is 0 Å². The standard InChI is InChI=1S/C20H28OSi/c1-8-14-21-20-12-10-9-11-19(20)13-15-22(16(2)3,17(4)5)18(6)7/h9-12,14,16-18H,1H2,2-7H3. The lowest BCUT2D eigenvalue weighted by molar-refractivity contribution is 0.481. The highest BCUT2D eigenvalue weighted by Gasteiger charge is 2.41. The predicted octanol–water partition coefficient (Wildman–Crippen LogP) is 5.93. The minimum Gasteiger partial charge on any atom is -0.455 e. The summed E-state index contributed by atoms with van der Waals surface area (Å²) in [4.78, 5) is 0. The summed E-state index contributed by atoms with van der Waals surface area (Å²) in [6.45, 7) is 17.5. The fourth-order valence-electron chi connectivity index (χ4n) is 3.39. The number of ether oxygens (including phenoxy) is 1. The molecule has 0 heterocycles. The third kappa shape index (κ3) is 3.94. The van der Waals surface area contributed by atoms with Gasteiger partial charge in [-0.05, 0) is 28.8 Å². The monoisotopic (exact) mass is 312 g/mol. The van der Waals surface area contributed by atoms with Crippen LogP contribution in [0, 0.1) is 11.5 Å². The molecule has 0 saturated heterocycles. The van der Waals surface area contributed by atoms with Gasteiger partial charge in [-0.1, -0.05) is 71.9 Å². The van der Waals surface area contributed by atoms with E-state index >= 15 is 0 Å². The van der Waals surface area contributed by atoms with E-state index in [-0.39, 0.29) is 0 Å². The molecule has 1 aromatic rings. The maximum Gasteiger partial charge on any atom is 0.146 e. The topological polar surface area (TPSA) is 9.23 Å². The molecular formula is C20H28OSi. The molecule has 118 valence electrons. The van der Waals surface area contributed by atoms with Crippen molar-refractivity contribution in [3.8, 4) is 17.2 Å². The third-order valence-electron chi connectivity index (χ3n) is 4.44. The normalized spacial score (nSPS) is 11.1. The van der Waals surface area contributed by atoms with Crippen LogP contribution in [0.4, 0.5) is 0 Å². The molecule has 1 aromatic carbocycles. The molecule has 22 heavy (non-hydrogen) atoms. The van der Waals surface area contributed by atoms with Gasteiger partial charge in [0.15, 0.2) is 0 Å². The number of benzene rings is 1. The lowest BCUT2D eigenvalue weighted by atomic mass is 10.2. The summed E-state index contributed by atoms with van der Waals surface area (Å²) in [5.41, 5.74) is 9.17. The fourth-order valence-corrected chi connectivity index (χ4v) is 8.60. The molecule has 0 spiro atoms. The van der Waals surface area contributed by atoms with Crippen LogP contribution in [0.25, 0.3) is 0 Å². The molecule has 1 rings (SSSR count). The van der Waals surface area contributed by atoms with Crippen LogP contribution in [0.2, 0.25) is 16.6 Å². The van der Waals surface area contributed by atoms with E-state index in [0.29, 0.717) is 16.6 Å². The second-order valence-electron chi connectivity index (χ2n) is 6.58. The Hall–Kier alpha value is -1.68. The Morgan fingerprint density at radius 3 is 2.05 bits per heavy atom. The highest BCUT2D eigenvalue weighted by molar-refractivity contribution is 6.90. The van der Waals surface area contributed by atoms with Gasteiger partial charge in [0.1, 0.15) is 20.1 Å². The van der Waals surface area contributed by atoms with Gasteiger partial charge in [-0.15, -0.1) is 5.54 Å². The van der Waals surface area contributed by atoms with Crippen LogP contribution < -0.4 is 4.74 Å². The van der Waals surface area contributed by atoms with E-state index in [1.165, 1.54) is 6.26 Å². The van der Waals surface area contributed by atoms with Crippen molar-refractivity contribution in [2.75, 3.05) is 0 Å². The van der Waals surface area contributed by atoms with Crippen LogP contribution in [-0.4, -0.2) is 8.07 Å². The van der Waals surface area contributed by atoms with E-state index in [0.717, 1.165) is 11.3 Å². The number of hydrogen-bond donors (Lipinski definition) is 0. The highest BCUT2D eigenvalue weighted by atomic mass is 28.3. The van der Waals surface area contributed by atoms with E-state index in [1.54, 1.807) is 0 Å². The first kappa shape index (κ1) is 18.4. The zero-order valence-electron chi connectivity index (χ0n) is 14.7. The smallest absolute Gasteiger partial charge is 0.146 e. The minimum absolute atomic E-state index is 0.626. The van der Waals surface area contributed by atoms with Crippen molar-refractivity contribution in [1.82, 2.24) is 0 Å². The van der Waals surface area contributed by atoms with Gasteiger partial charge in [0, 0.05) is 0 Å². The maximum atomic E-state index is 5.55. The van der Waals surface area contributed by atoms with Crippen molar-refractivity contribution in [3.05, 3.63) is 48.4 Å². The molecule has 0 aliphatic carbocycles. The summed E-state index contributed by atoms with van der Waals surface area (Å²) < 4.78 is 5.55. The molecule has 0 aliphatic rings. The van der Waals surface area contributed by atoms with E-state index in [2.05, 4.69) is 65.3 Å². The van der Waals surface area contributed by atoms with Gasteiger partial charge in [-0.25, -0.2) is 0 Å². The van der Waals surface area contributed by atoms with Crippen LogP contribution in [0.15, 0.2) is 42.8 Å². The Morgan fingerprint density at radius 1 is 1.00 bits per heavy atom. The van der Waals surface area contributed by atoms with Crippen molar-refractivity contribution in [2.24, 2.45) is 0 Å². The van der Waals surface area contributed by atoms with Crippen LogP contribution >= 0.6 is 0 Å². The average Bonchev–Trinajstić information content (AvgIpc) is 2.45. The molecule has 0 unspecified atom stereocenters. The summed E-state index contributed by atoms with van der Waals surface area (Å²) in [6, 6.07) is 7.90. The SMILES string of the molecule is C=C=COc1ccccc1C#C[Si](C(C)C)(C(C)C)C(C)C. The molecule has 0 aliphatic heterocycles. The molecule has 0 atom stereocenters.